The van der Waals surface area contributed by atoms with Crippen LogP contribution in [0.1, 0.15) is 47.5 Å². The van der Waals surface area contributed by atoms with E-state index in [-0.39, 0.29) is 24.4 Å². The Morgan fingerprint density at radius 2 is 1.94 bits per heavy atom. The van der Waals surface area contributed by atoms with Crippen LogP contribution in [0.5, 0.6) is 0 Å². The van der Waals surface area contributed by atoms with E-state index in [2.05, 4.69) is 27.0 Å². The molecule has 0 aromatic rings. The van der Waals surface area contributed by atoms with Gasteiger partial charge in [0.05, 0.1) is 12.1 Å². The van der Waals surface area contributed by atoms with Crippen LogP contribution in [0.3, 0.4) is 0 Å². The summed E-state index contributed by atoms with van der Waals surface area (Å²) in [5.41, 5.74) is -0.885. The van der Waals surface area contributed by atoms with Gasteiger partial charge in [0.25, 0.3) is 0 Å². The number of rotatable bonds is 7. The van der Waals surface area contributed by atoms with E-state index in [0.717, 1.165) is 17.3 Å². The number of carbonyl (C=O) groups is 2. The molecule has 0 spiro atoms. The van der Waals surface area contributed by atoms with E-state index >= 15 is 0 Å². The van der Waals surface area contributed by atoms with Crippen molar-refractivity contribution >= 4 is 42.4 Å². The van der Waals surface area contributed by atoms with Crippen molar-refractivity contribution in [2.75, 3.05) is 6.54 Å². The van der Waals surface area contributed by atoms with Gasteiger partial charge in [0, 0.05) is 36.8 Å². The third kappa shape index (κ3) is 9.03. The molecule has 0 aromatic carbocycles. The van der Waals surface area contributed by atoms with Crippen LogP contribution in [0.2, 0.25) is 0 Å². The quantitative estimate of drug-likeness (QED) is 0.311. The predicted molar refractivity (Wildman–Crippen MR) is 123 cm³/mol. The molecule has 1 unspecified atom stereocenters. The molecule has 1 heterocycles. The second-order valence-corrected chi connectivity index (χ2v) is 9.03. The van der Waals surface area contributed by atoms with Crippen molar-refractivity contribution < 1.29 is 31.9 Å². The molecule has 192 valence electrons. The molecule has 1 saturated heterocycles. The molecule has 34 heavy (non-hydrogen) atoms. The van der Waals surface area contributed by atoms with Crippen molar-refractivity contribution in [2.45, 2.75) is 83.5 Å². The summed E-state index contributed by atoms with van der Waals surface area (Å²) >= 11 is 6.00. The van der Waals surface area contributed by atoms with Gasteiger partial charge >= 0.3 is 12.3 Å². The molecule has 8 nitrogen and oxygen atoms in total. The number of alkyl halides is 4. The number of likely N-dealkylation sites (tertiary alicyclic amines) is 1. The van der Waals surface area contributed by atoms with Crippen LogP contribution in [0.4, 0.5) is 22.4 Å². The van der Waals surface area contributed by atoms with Crippen molar-refractivity contribution in [2.24, 2.45) is 15.0 Å². The molecule has 2 amide bonds. The van der Waals surface area contributed by atoms with E-state index in [9.17, 15) is 27.2 Å². The number of ether oxygens (including phenoxy) is 1. The Hall–Kier alpha value is -2.50. The minimum absolute atomic E-state index is 0.0693. The molecule has 1 rings (SSSR count). The summed E-state index contributed by atoms with van der Waals surface area (Å²) in [6, 6.07) is -3.33. The first-order chi connectivity index (χ1) is 15.6. The standard InChI is InChI=1S/C21H30ClF4N5O3/c1-7-28-18(21(24,25)26)29-11-14(8-13(22)10-27-6)30-17(32)16-9-15(23)12(2)31(16)19(33)34-20(3,4)5/h10-12,14-16H,6-9H2,1-5H3,(H,30,32)/b13-10+,28-18?,29-11?/t12-,14?,15+,16-/m0/s1. The first-order valence-corrected chi connectivity index (χ1v) is 10.9. The number of aliphatic imine (C=N–C) groups is 3. The molecule has 0 radical (unpaired) electrons. The first-order valence-electron chi connectivity index (χ1n) is 10.5. The molecule has 0 bridgehead atoms. The lowest BCUT2D eigenvalue weighted by Crippen LogP contribution is -2.52. The lowest BCUT2D eigenvalue weighted by Gasteiger charge is -2.31. The molecule has 1 aliphatic heterocycles. The van der Waals surface area contributed by atoms with Gasteiger partial charge in [-0.2, -0.15) is 13.2 Å². The fourth-order valence-corrected chi connectivity index (χ4v) is 3.35. The largest absolute Gasteiger partial charge is 0.451 e. The molecule has 0 aromatic heterocycles. The minimum atomic E-state index is -4.81. The van der Waals surface area contributed by atoms with E-state index < -0.39 is 53.9 Å². The Labute approximate surface area is 201 Å². The molecular formula is C21H30ClF4N5O3. The van der Waals surface area contributed by atoms with Gasteiger partial charge in [0.15, 0.2) is 0 Å². The number of halogens is 5. The number of nitrogens with zero attached hydrogens (tertiary/aromatic N) is 4. The zero-order chi connectivity index (χ0) is 26.3. The highest BCUT2D eigenvalue weighted by molar-refractivity contribution is 6.29. The maximum absolute atomic E-state index is 14.4. The Balaban J connectivity index is 3.19. The highest BCUT2D eigenvalue weighted by Gasteiger charge is 2.47. The average Bonchev–Trinajstić information content (AvgIpc) is 2.97. The van der Waals surface area contributed by atoms with Gasteiger partial charge < -0.3 is 10.1 Å². The zero-order valence-electron chi connectivity index (χ0n) is 19.7. The van der Waals surface area contributed by atoms with Gasteiger partial charge in [0.1, 0.15) is 17.8 Å². The van der Waals surface area contributed by atoms with E-state index in [1.54, 1.807) is 20.8 Å². The van der Waals surface area contributed by atoms with Crippen molar-refractivity contribution in [3.05, 3.63) is 11.2 Å². The molecule has 0 saturated carbocycles. The van der Waals surface area contributed by atoms with E-state index in [1.165, 1.54) is 13.8 Å². The van der Waals surface area contributed by atoms with Crippen LogP contribution in [0.25, 0.3) is 0 Å². The number of amides is 2. The monoisotopic (exact) mass is 511 g/mol. The normalized spacial score (nSPS) is 23.2. The third-order valence-electron chi connectivity index (χ3n) is 4.57. The van der Waals surface area contributed by atoms with Crippen molar-refractivity contribution in [3.63, 3.8) is 0 Å². The van der Waals surface area contributed by atoms with E-state index in [0.29, 0.717) is 0 Å². The van der Waals surface area contributed by atoms with E-state index in [1.807, 2.05) is 0 Å². The maximum atomic E-state index is 14.4. The van der Waals surface area contributed by atoms with Crippen molar-refractivity contribution in [3.8, 4) is 0 Å². The fraction of sp³-hybridized carbons (Fsp3) is 0.667. The Morgan fingerprint density at radius 3 is 2.44 bits per heavy atom. The lowest BCUT2D eigenvalue weighted by atomic mass is 10.1. The van der Waals surface area contributed by atoms with Gasteiger partial charge in [0.2, 0.25) is 11.7 Å². The summed E-state index contributed by atoms with van der Waals surface area (Å²) in [5, 5.41) is 2.54. The fourth-order valence-electron chi connectivity index (χ4n) is 3.12. The summed E-state index contributed by atoms with van der Waals surface area (Å²) in [5.74, 6) is -2.18. The maximum Gasteiger partial charge on any atom is 0.451 e. The van der Waals surface area contributed by atoms with Crippen molar-refractivity contribution in [1.82, 2.24) is 10.2 Å². The smallest absolute Gasteiger partial charge is 0.444 e. The average molecular weight is 512 g/mol. The van der Waals surface area contributed by atoms with Gasteiger partial charge in [-0.05, 0) is 41.3 Å². The highest BCUT2D eigenvalue weighted by atomic mass is 35.5. The lowest BCUT2D eigenvalue weighted by molar-refractivity contribution is -0.126. The zero-order valence-corrected chi connectivity index (χ0v) is 20.5. The molecule has 13 heteroatoms. The second-order valence-electron chi connectivity index (χ2n) is 8.55. The van der Waals surface area contributed by atoms with Crippen LogP contribution < -0.4 is 5.32 Å². The van der Waals surface area contributed by atoms with Crippen molar-refractivity contribution in [1.29, 1.82) is 0 Å². The number of amidine groups is 1. The molecule has 1 fully saturated rings. The summed E-state index contributed by atoms with van der Waals surface area (Å²) in [4.78, 5) is 36.8. The summed E-state index contributed by atoms with van der Waals surface area (Å²) in [6.07, 6.45) is -5.69. The van der Waals surface area contributed by atoms with Crippen LogP contribution in [-0.2, 0) is 9.53 Å². The topological polar surface area (TPSA) is 95.7 Å². The van der Waals surface area contributed by atoms with Crippen LogP contribution >= 0.6 is 11.6 Å². The number of hydrogen-bond donors (Lipinski definition) is 1. The van der Waals surface area contributed by atoms with Gasteiger partial charge in [-0.1, -0.05) is 11.6 Å². The second kappa shape index (κ2) is 12.3. The molecular weight excluding hydrogens is 482 g/mol. The summed E-state index contributed by atoms with van der Waals surface area (Å²) in [6.45, 7) is 10.8. The number of hydrogen-bond acceptors (Lipinski definition) is 5. The minimum Gasteiger partial charge on any atom is -0.444 e. The Bertz CT molecular complexity index is 839. The van der Waals surface area contributed by atoms with Crippen LogP contribution in [-0.4, -0.2) is 78.3 Å². The SMILES string of the molecule is C=N/C=C(/Cl)CC(C=NC(=NCC)C(F)(F)F)NC(=O)[C@@H]1C[C@@H](F)[C@H](C)N1C(=O)OC(C)(C)C. The predicted octanol–water partition coefficient (Wildman–Crippen LogP) is 4.43. The molecule has 1 N–H and O–H groups in total. The Kier molecular flexibility index (Phi) is 10.7. The van der Waals surface area contributed by atoms with Crippen LogP contribution in [0.15, 0.2) is 26.2 Å². The van der Waals surface area contributed by atoms with Gasteiger partial charge in [-0.25, -0.2) is 14.2 Å². The molecule has 1 aliphatic rings. The first kappa shape index (κ1) is 29.5. The van der Waals surface area contributed by atoms with E-state index in [4.69, 9.17) is 16.3 Å². The molecule has 0 aliphatic carbocycles. The van der Waals surface area contributed by atoms with Gasteiger partial charge in [-0.15, -0.1) is 0 Å². The number of nitrogens with one attached hydrogen (secondary N) is 1. The number of carbonyl (C=O) groups excluding carboxylic acids is 2. The third-order valence-corrected chi connectivity index (χ3v) is 4.82. The molecule has 4 atom stereocenters. The summed E-state index contributed by atoms with van der Waals surface area (Å²) in [7, 11) is 0. The Morgan fingerprint density at radius 1 is 1.32 bits per heavy atom. The van der Waals surface area contributed by atoms with Crippen LogP contribution in [0, 0.1) is 0 Å². The summed E-state index contributed by atoms with van der Waals surface area (Å²) < 4.78 is 59.1. The highest BCUT2D eigenvalue weighted by Crippen LogP contribution is 2.29. The van der Waals surface area contributed by atoms with Gasteiger partial charge in [-0.3, -0.25) is 19.7 Å².